The Kier molecular flexibility index (Phi) is 6.24. The highest BCUT2D eigenvalue weighted by molar-refractivity contribution is 7.90. The zero-order chi connectivity index (χ0) is 23.6. The van der Waals surface area contributed by atoms with Crippen LogP contribution in [0.25, 0.3) is 5.69 Å². The molecule has 0 N–H and O–H groups in total. The van der Waals surface area contributed by atoms with Gasteiger partial charge in [0.2, 0.25) is 0 Å². The molecule has 0 bridgehead atoms. The molecule has 1 fully saturated rings. The van der Waals surface area contributed by atoms with E-state index in [1.165, 1.54) is 22.8 Å². The van der Waals surface area contributed by atoms with Gasteiger partial charge in [-0.2, -0.15) is 0 Å². The summed E-state index contributed by atoms with van der Waals surface area (Å²) in [5.41, 5.74) is 1.35. The van der Waals surface area contributed by atoms with Crippen LogP contribution in [0, 0.1) is 12.8 Å². The van der Waals surface area contributed by atoms with Crippen molar-refractivity contribution in [3.63, 3.8) is 0 Å². The first kappa shape index (κ1) is 22.6. The second-order valence-corrected chi connectivity index (χ2v) is 10.1. The Balaban J connectivity index is 1.28. The third kappa shape index (κ3) is 5.43. The minimum Gasteiger partial charge on any atom is -0.493 e. The summed E-state index contributed by atoms with van der Waals surface area (Å²) >= 11 is 0. The van der Waals surface area contributed by atoms with Gasteiger partial charge in [0.1, 0.15) is 11.5 Å². The van der Waals surface area contributed by atoms with E-state index in [1.807, 2.05) is 19.1 Å². The number of benzene rings is 2. The van der Waals surface area contributed by atoms with Gasteiger partial charge in [0.25, 0.3) is 5.56 Å². The summed E-state index contributed by atoms with van der Waals surface area (Å²) in [4.78, 5) is 26.5. The summed E-state index contributed by atoms with van der Waals surface area (Å²) in [5.74, 6) is 1.10. The number of ether oxygens (including phenoxy) is 2. The molecule has 9 heteroatoms. The monoisotopic (exact) mass is 468 g/mol. The van der Waals surface area contributed by atoms with Crippen molar-refractivity contribution in [1.29, 1.82) is 0 Å². The maximum atomic E-state index is 12.5. The molecule has 2 aromatic carbocycles. The smallest absolute Gasteiger partial charge is 0.415 e. The number of carbonyl (C=O) groups is 1. The van der Waals surface area contributed by atoms with E-state index in [0.717, 1.165) is 11.8 Å². The van der Waals surface area contributed by atoms with E-state index < -0.39 is 9.84 Å². The Morgan fingerprint density at radius 1 is 1.00 bits per heavy atom. The number of pyridine rings is 1. The topological polar surface area (TPSA) is 94.9 Å². The highest BCUT2D eigenvalue weighted by Crippen LogP contribution is 2.21. The van der Waals surface area contributed by atoms with Crippen LogP contribution >= 0.6 is 0 Å². The van der Waals surface area contributed by atoms with E-state index in [-0.39, 0.29) is 22.5 Å². The molecule has 3 aromatic rings. The minimum absolute atomic E-state index is 0.154. The third-order valence-corrected chi connectivity index (χ3v) is 6.49. The van der Waals surface area contributed by atoms with Crippen molar-refractivity contribution in [2.45, 2.75) is 11.8 Å². The predicted molar refractivity (Wildman–Crippen MR) is 123 cm³/mol. The van der Waals surface area contributed by atoms with Gasteiger partial charge in [0, 0.05) is 43.2 Å². The van der Waals surface area contributed by atoms with E-state index in [0.29, 0.717) is 36.9 Å². The van der Waals surface area contributed by atoms with E-state index in [1.54, 1.807) is 41.4 Å². The summed E-state index contributed by atoms with van der Waals surface area (Å²) < 4.78 is 35.7. The Labute approximate surface area is 191 Å². The molecule has 0 spiro atoms. The lowest BCUT2D eigenvalue weighted by molar-refractivity contribution is 0.0627. The molecule has 2 heterocycles. The normalized spacial score (nSPS) is 13.9. The first-order valence-electron chi connectivity index (χ1n) is 10.4. The average molecular weight is 469 g/mol. The molecule has 172 valence electrons. The summed E-state index contributed by atoms with van der Waals surface area (Å²) in [6.07, 6.45) is 2.33. The van der Waals surface area contributed by atoms with Gasteiger partial charge in [-0.1, -0.05) is 17.7 Å². The Morgan fingerprint density at radius 2 is 1.67 bits per heavy atom. The van der Waals surface area contributed by atoms with Gasteiger partial charge >= 0.3 is 6.09 Å². The molecule has 8 nitrogen and oxygen atoms in total. The van der Waals surface area contributed by atoms with Crippen LogP contribution in [0.4, 0.5) is 4.79 Å². The molecule has 0 radical (unpaired) electrons. The molecule has 0 atom stereocenters. The van der Waals surface area contributed by atoms with Crippen LogP contribution in [0.5, 0.6) is 11.5 Å². The lowest BCUT2D eigenvalue weighted by atomic mass is 10.0. The van der Waals surface area contributed by atoms with Crippen LogP contribution in [0.2, 0.25) is 0 Å². The molecular formula is C24H24N2O6S. The van der Waals surface area contributed by atoms with Crippen LogP contribution in [-0.2, 0) is 9.84 Å². The van der Waals surface area contributed by atoms with Crippen molar-refractivity contribution in [2.75, 3.05) is 26.0 Å². The van der Waals surface area contributed by atoms with Crippen molar-refractivity contribution in [3.05, 3.63) is 82.8 Å². The summed E-state index contributed by atoms with van der Waals surface area (Å²) in [7, 11) is -3.30. The van der Waals surface area contributed by atoms with E-state index in [9.17, 15) is 18.0 Å². The fraction of sp³-hybridized carbons (Fsp3) is 0.250. The van der Waals surface area contributed by atoms with Crippen molar-refractivity contribution < 1.29 is 22.7 Å². The largest absolute Gasteiger partial charge is 0.493 e. The molecule has 1 aromatic heterocycles. The first-order chi connectivity index (χ1) is 15.7. The quantitative estimate of drug-likeness (QED) is 0.552. The molecule has 0 aliphatic carbocycles. The molecule has 33 heavy (non-hydrogen) atoms. The van der Waals surface area contributed by atoms with E-state index >= 15 is 0 Å². The van der Waals surface area contributed by atoms with Crippen LogP contribution in [0.3, 0.4) is 0 Å². The standard InChI is InChI=1S/C24H24N2O6S/c1-17-3-7-20(8-4-17)32-24(28)25-14-18(15-25)16-31-21-11-12-26(23(27)13-21)19-5-9-22(10-6-19)33(2,29)30/h3-13,18H,14-16H2,1-2H3. The van der Waals surface area contributed by atoms with Gasteiger partial charge in [-0.25, -0.2) is 13.2 Å². The number of hydrogen-bond donors (Lipinski definition) is 0. The fourth-order valence-electron chi connectivity index (χ4n) is 3.43. The molecule has 1 aliphatic rings. The number of carbonyl (C=O) groups excluding carboxylic acids is 1. The molecule has 0 unspecified atom stereocenters. The third-order valence-electron chi connectivity index (χ3n) is 5.36. The SMILES string of the molecule is Cc1ccc(OC(=O)N2CC(COc3ccn(-c4ccc(S(C)(=O)=O)cc4)c(=O)c3)C2)cc1. The minimum atomic E-state index is -3.30. The van der Waals surface area contributed by atoms with E-state index in [4.69, 9.17) is 9.47 Å². The zero-order valence-electron chi connectivity index (χ0n) is 18.3. The van der Waals surface area contributed by atoms with Gasteiger partial charge in [0.15, 0.2) is 9.84 Å². The summed E-state index contributed by atoms with van der Waals surface area (Å²) in [6, 6.07) is 16.4. The van der Waals surface area contributed by atoms with Crippen LogP contribution in [-0.4, -0.2) is 49.9 Å². The van der Waals surface area contributed by atoms with Crippen molar-refractivity contribution in [3.8, 4) is 17.2 Å². The fourth-order valence-corrected chi connectivity index (χ4v) is 4.06. The van der Waals surface area contributed by atoms with Crippen molar-refractivity contribution in [1.82, 2.24) is 9.47 Å². The maximum absolute atomic E-state index is 12.5. The number of nitrogens with zero attached hydrogens (tertiary/aromatic N) is 2. The van der Waals surface area contributed by atoms with Crippen molar-refractivity contribution in [2.24, 2.45) is 5.92 Å². The number of rotatable bonds is 6. The summed E-state index contributed by atoms with van der Waals surface area (Å²) in [6.45, 7) is 3.38. The van der Waals surface area contributed by atoms with Crippen LogP contribution in [0.1, 0.15) is 5.56 Å². The van der Waals surface area contributed by atoms with Gasteiger partial charge in [-0.3, -0.25) is 9.36 Å². The lowest BCUT2D eigenvalue weighted by Gasteiger charge is -2.37. The Morgan fingerprint density at radius 3 is 2.27 bits per heavy atom. The second-order valence-electron chi connectivity index (χ2n) is 8.10. The van der Waals surface area contributed by atoms with Gasteiger partial charge in [-0.15, -0.1) is 0 Å². The molecule has 1 aliphatic heterocycles. The highest BCUT2D eigenvalue weighted by Gasteiger charge is 2.32. The van der Waals surface area contributed by atoms with Crippen LogP contribution in [0.15, 0.2) is 76.6 Å². The summed E-state index contributed by atoms with van der Waals surface area (Å²) in [5, 5.41) is 0. The van der Waals surface area contributed by atoms with Gasteiger partial charge in [-0.05, 0) is 49.4 Å². The van der Waals surface area contributed by atoms with Crippen LogP contribution < -0.4 is 15.0 Å². The van der Waals surface area contributed by atoms with Crippen molar-refractivity contribution >= 4 is 15.9 Å². The first-order valence-corrected chi connectivity index (χ1v) is 12.3. The second kappa shape index (κ2) is 9.11. The maximum Gasteiger partial charge on any atom is 0.415 e. The molecular weight excluding hydrogens is 444 g/mol. The highest BCUT2D eigenvalue weighted by atomic mass is 32.2. The molecule has 0 saturated carbocycles. The molecule has 4 rings (SSSR count). The lowest BCUT2D eigenvalue weighted by Crippen LogP contribution is -2.53. The number of hydrogen-bond acceptors (Lipinski definition) is 6. The predicted octanol–water partition coefficient (Wildman–Crippen LogP) is 3.06. The molecule has 1 saturated heterocycles. The Bertz CT molecular complexity index is 1310. The van der Waals surface area contributed by atoms with Gasteiger partial charge < -0.3 is 14.4 Å². The number of sulfone groups is 1. The van der Waals surface area contributed by atoms with Gasteiger partial charge in [0.05, 0.1) is 11.5 Å². The number of amides is 1. The number of aryl methyl sites for hydroxylation is 1. The number of aromatic nitrogens is 1. The van der Waals surface area contributed by atoms with E-state index in [2.05, 4.69) is 0 Å². The average Bonchev–Trinajstić information content (AvgIpc) is 2.74. The molecule has 1 amide bonds. The number of likely N-dealkylation sites (tertiary alicyclic amines) is 1. The zero-order valence-corrected chi connectivity index (χ0v) is 19.1. The Hall–Kier alpha value is -3.59.